The first-order valence-electron chi connectivity index (χ1n) is 9.20. The second-order valence-electron chi connectivity index (χ2n) is 6.57. The molecule has 1 amide bonds. The van der Waals surface area contributed by atoms with Gasteiger partial charge in [0.25, 0.3) is 21.8 Å². The molecule has 2 heterocycles. The molecule has 11 heteroatoms. The number of hydrogen-bond acceptors (Lipinski definition) is 8. The number of sulfonamides is 1. The van der Waals surface area contributed by atoms with Crippen molar-refractivity contribution in [3.63, 3.8) is 0 Å². The topological polar surface area (TPSA) is 133 Å². The van der Waals surface area contributed by atoms with Crippen LogP contribution in [0, 0.1) is 6.92 Å². The smallest absolute Gasteiger partial charge is 0.322 e. The van der Waals surface area contributed by atoms with Gasteiger partial charge in [0.2, 0.25) is 5.76 Å². The van der Waals surface area contributed by atoms with E-state index in [0.717, 1.165) is 5.56 Å². The number of rotatable bonds is 6. The molecule has 3 aromatic rings. The maximum absolute atomic E-state index is 12.6. The highest BCUT2D eigenvalue weighted by molar-refractivity contribution is 7.92. The maximum Gasteiger partial charge on any atom is 0.322 e. The van der Waals surface area contributed by atoms with Gasteiger partial charge in [0, 0.05) is 11.3 Å². The summed E-state index contributed by atoms with van der Waals surface area (Å²) < 4.78 is 43.4. The predicted molar refractivity (Wildman–Crippen MR) is 111 cm³/mol. The minimum absolute atomic E-state index is 0.0645. The molecule has 0 bridgehead atoms. The molecule has 1 aliphatic rings. The number of nitrogens with zero attached hydrogens (tertiary/aromatic N) is 2. The Hall–Kier alpha value is -3.86. The summed E-state index contributed by atoms with van der Waals surface area (Å²) in [5.41, 5.74) is 1.37. The summed E-state index contributed by atoms with van der Waals surface area (Å²) in [6, 6.07) is 12.3. The Morgan fingerprint density at radius 2 is 1.87 bits per heavy atom. The lowest BCUT2D eigenvalue weighted by molar-refractivity contribution is 0.102. The predicted octanol–water partition coefficient (Wildman–Crippen LogP) is 2.78. The summed E-state index contributed by atoms with van der Waals surface area (Å²) in [7, 11) is -3.80. The largest absolute Gasteiger partial charge is 0.494 e. The standard InChI is InChI=1S/C20H18N4O6S/c1-13-5-7-16(8-6-13)31(26,27)24-15-4-2-3-14(11-15)18(25)21-20-23-22-19(30-20)17-12-28-9-10-29-17/h2-8,11-12,24H,9-10H2,1H3,(H,21,23,25). The van der Waals surface area contributed by atoms with E-state index in [4.69, 9.17) is 13.9 Å². The molecule has 0 aliphatic carbocycles. The Morgan fingerprint density at radius 1 is 1.06 bits per heavy atom. The van der Waals surface area contributed by atoms with E-state index < -0.39 is 15.9 Å². The van der Waals surface area contributed by atoms with Gasteiger partial charge in [0.15, 0.2) is 0 Å². The number of amides is 1. The highest BCUT2D eigenvalue weighted by Gasteiger charge is 2.19. The van der Waals surface area contributed by atoms with Crippen molar-refractivity contribution >= 4 is 33.4 Å². The van der Waals surface area contributed by atoms with Crippen LogP contribution in [0.25, 0.3) is 5.76 Å². The Kier molecular flexibility index (Phi) is 5.58. The van der Waals surface area contributed by atoms with Crippen molar-refractivity contribution in [2.75, 3.05) is 23.3 Å². The van der Waals surface area contributed by atoms with Crippen molar-refractivity contribution < 1.29 is 27.1 Å². The Bertz CT molecular complexity index is 1230. The van der Waals surface area contributed by atoms with E-state index in [-0.39, 0.29) is 33.8 Å². The molecule has 0 fully saturated rings. The van der Waals surface area contributed by atoms with Crippen molar-refractivity contribution in [1.29, 1.82) is 0 Å². The number of benzene rings is 2. The molecule has 0 radical (unpaired) electrons. The number of aromatic nitrogens is 2. The van der Waals surface area contributed by atoms with E-state index in [9.17, 15) is 13.2 Å². The fourth-order valence-electron chi connectivity index (χ4n) is 2.68. The highest BCUT2D eigenvalue weighted by atomic mass is 32.2. The molecule has 160 valence electrons. The van der Waals surface area contributed by atoms with Gasteiger partial charge in [-0.3, -0.25) is 14.8 Å². The minimum Gasteiger partial charge on any atom is -0.494 e. The summed E-state index contributed by atoms with van der Waals surface area (Å²) in [6.07, 6.45) is 1.35. The molecule has 0 saturated carbocycles. The van der Waals surface area contributed by atoms with Gasteiger partial charge in [-0.15, -0.1) is 5.10 Å². The number of anilines is 2. The van der Waals surface area contributed by atoms with Crippen LogP contribution in [-0.4, -0.2) is 37.7 Å². The number of carbonyl (C=O) groups excluding carboxylic acids is 1. The Morgan fingerprint density at radius 3 is 2.61 bits per heavy atom. The first-order valence-corrected chi connectivity index (χ1v) is 10.7. The number of hydrogen-bond donors (Lipinski definition) is 2. The fourth-order valence-corrected chi connectivity index (χ4v) is 3.73. The van der Waals surface area contributed by atoms with Crippen LogP contribution in [-0.2, 0) is 19.5 Å². The zero-order chi connectivity index (χ0) is 21.8. The van der Waals surface area contributed by atoms with Gasteiger partial charge in [-0.2, -0.15) is 0 Å². The molecule has 10 nitrogen and oxygen atoms in total. The van der Waals surface area contributed by atoms with Gasteiger partial charge in [0.05, 0.1) is 4.90 Å². The van der Waals surface area contributed by atoms with E-state index in [0.29, 0.717) is 13.2 Å². The third-order valence-corrected chi connectivity index (χ3v) is 5.61. The van der Waals surface area contributed by atoms with Gasteiger partial charge in [-0.05, 0) is 37.3 Å². The van der Waals surface area contributed by atoms with Crippen LogP contribution in [0.4, 0.5) is 11.7 Å². The van der Waals surface area contributed by atoms with E-state index in [1.54, 1.807) is 24.3 Å². The summed E-state index contributed by atoms with van der Waals surface area (Å²) in [5.74, 6) is -0.220. The van der Waals surface area contributed by atoms with Gasteiger partial charge in [-0.25, -0.2) is 8.42 Å². The van der Waals surface area contributed by atoms with Gasteiger partial charge in [-0.1, -0.05) is 28.9 Å². The van der Waals surface area contributed by atoms with E-state index >= 15 is 0 Å². The summed E-state index contributed by atoms with van der Waals surface area (Å²) in [4.78, 5) is 12.7. The lowest BCUT2D eigenvalue weighted by Gasteiger charge is -2.12. The third kappa shape index (κ3) is 4.83. The molecule has 0 spiro atoms. The van der Waals surface area contributed by atoms with Gasteiger partial charge in [0.1, 0.15) is 19.5 Å². The quantitative estimate of drug-likeness (QED) is 0.595. The summed E-state index contributed by atoms with van der Waals surface area (Å²) in [5, 5.41) is 10.0. The third-order valence-electron chi connectivity index (χ3n) is 4.21. The van der Waals surface area contributed by atoms with Crippen LogP contribution in [0.3, 0.4) is 0 Å². The molecule has 2 N–H and O–H groups in total. The zero-order valence-corrected chi connectivity index (χ0v) is 17.2. The van der Waals surface area contributed by atoms with Gasteiger partial charge < -0.3 is 13.9 Å². The average molecular weight is 442 g/mol. The molecule has 0 atom stereocenters. The van der Waals surface area contributed by atoms with Crippen LogP contribution in [0.15, 0.2) is 64.1 Å². The van der Waals surface area contributed by atoms with E-state index in [2.05, 4.69) is 20.2 Å². The van der Waals surface area contributed by atoms with Crippen LogP contribution >= 0.6 is 0 Å². The second-order valence-corrected chi connectivity index (χ2v) is 8.25. The first kappa shape index (κ1) is 20.4. The number of nitrogens with one attached hydrogen (secondary N) is 2. The van der Waals surface area contributed by atoms with Crippen molar-refractivity contribution in [1.82, 2.24) is 10.2 Å². The molecule has 2 aromatic carbocycles. The molecule has 4 rings (SSSR count). The minimum atomic E-state index is -3.80. The van der Waals surface area contributed by atoms with E-state index in [1.165, 1.54) is 30.5 Å². The second kappa shape index (κ2) is 8.48. The molecule has 1 aromatic heterocycles. The SMILES string of the molecule is Cc1ccc(S(=O)(=O)Nc2cccc(C(=O)Nc3nnc(C4=COCCO4)o3)c2)cc1. The lowest BCUT2D eigenvalue weighted by Crippen LogP contribution is -2.15. The number of ether oxygens (including phenoxy) is 2. The van der Waals surface area contributed by atoms with Gasteiger partial charge >= 0.3 is 6.01 Å². The van der Waals surface area contributed by atoms with Crippen LogP contribution in [0.5, 0.6) is 0 Å². The van der Waals surface area contributed by atoms with Crippen molar-refractivity contribution in [3.8, 4) is 0 Å². The monoisotopic (exact) mass is 442 g/mol. The highest BCUT2D eigenvalue weighted by Crippen LogP contribution is 2.21. The summed E-state index contributed by atoms with van der Waals surface area (Å²) >= 11 is 0. The van der Waals surface area contributed by atoms with E-state index in [1.807, 2.05) is 6.92 Å². The van der Waals surface area contributed by atoms with Crippen molar-refractivity contribution in [3.05, 3.63) is 71.8 Å². The molecule has 31 heavy (non-hydrogen) atoms. The molecule has 0 unspecified atom stereocenters. The summed E-state index contributed by atoms with van der Waals surface area (Å²) in [6.45, 7) is 2.64. The maximum atomic E-state index is 12.6. The lowest BCUT2D eigenvalue weighted by atomic mass is 10.2. The van der Waals surface area contributed by atoms with Crippen molar-refractivity contribution in [2.45, 2.75) is 11.8 Å². The van der Waals surface area contributed by atoms with Crippen LogP contribution in [0.2, 0.25) is 0 Å². The average Bonchev–Trinajstić information content (AvgIpc) is 3.23. The normalized spacial score (nSPS) is 13.5. The molecular formula is C20H18N4O6S. The Balaban J connectivity index is 1.46. The molecular weight excluding hydrogens is 424 g/mol. The molecule has 0 saturated heterocycles. The molecule has 1 aliphatic heterocycles. The van der Waals surface area contributed by atoms with Crippen LogP contribution in [0.1, 0.15) is 21.8 Å². The van der Waals surface area contributed by atoms with Crippen molar-refractivity contribution in [2.24, 2.45) is 0 Å². The fraction of sp³-hybridized carbons (Fsp3) is 0.150. The first-order chi connectivity index (χ1) is 14.9. The van der Waals surface area contributed by atoms with Crippen LogP contribution < -0.4 is 10.0 Å². The number of carbonyl (C=O) groups is 1. The Labute approximate surface area is 177 Å². The zero-order valence-electron chi connectivity index (χ0n) is 16.4. The number of aryl methyl sites for hydroxylation is 1.